The summed E-state index contributed by atoms with van der Waals surface area (Å²) in [6.07, 6.45) is 5.52. The van der Waals surface area contributed by atoms with E-state index < -0.39 is 29.1 Å². The zero-order chi connectivity index (χ0) is 18.6. The molecule has 0 unspecified atom stereocenters. The molecule has 1 spiro atoms. The van der Waals surface area contributed by atoms with Crippen molar-refractivity contribution in [1.29, 1.82) is 0 Å². The van der Waals surface area contributed by atoms with Crippen molar-refractivity contribution < 1.29 is 24.2 Å². The first-order valence-electron chi connectivity index (χ1n) is 8.98. The van der Waals surface area contributed by atoms with Crippen LogP contribution < -0.4 is 0 Å². The highest BCUT2D eigenvalue weighted by Gasteiger charge is 2.66. The van der Waals surface area contributed by atoms with E-state index in [4.69, 9.17) is 4.74 Å². The van der Waals surface area contributed by atoms with E-state index in [1.807, 2.05) is 27.7 Å². The van der Waals surface area contributed by atoms with E-state index >= 15 is 0 Å². The summed E-state index contributed by atoms with van der Waals surface area (Å²) < 4.78 is 5.54. The van der Waals surface area contributed by atoms with E-state index in [0.29, 0.717) is 12.0 Å². The molecule has 0 aromatic heterocycles. The molecule has 5 heteroatoms. The Bertz CT molecular complexity index is 684. The zero-order valence-corrected chi connectivity index (χ0v) is 15.2. The number of ether oxygens (including phenoxy) is 1. The monoisotopic (exact) mass is 346 g/mol. The molecule has 0 aromatic rings. The molecular weight excluding hydrogens is 320 g/mol. The summed E-state index contributed by atoms with van der Waals surface area (Å²) in [7, 11) is 0. The highest BCUT2D eigenvalue weighted by Crippen LogP contribution is 2.62. The van der Waals surface area contributed by atoms with Crippen LogP contribution in [0.15, 0.2) is 23.2 Å². The van der Waals surface area contributed by atoms with Crippen LogP contribution in [0.2, 0.25) is 0 Å². The smallest absolute Gasteiger partial charge is 0.318 e. The van der Waals surface area contributed by atoms with Crippen LogP contribution in [0.4, 0.5) is 0 Å². The van der Waals surface area contributed by atoms with Gasteiger partial charge in [0.2, 0.25) is 0 Å². The molecule has 2 aliphatic carbocycles. The van der Waals surface area contributed by atoms with Crippen molar-refractivity contribution in [2.75, 3.05) is 0 Å². The highest BCUT2D eigenvalue weighted by atomic mass is 16.6. The van der Waals surface area contributed by atoms with Crippen LogP contribution in [0.3, 0.4) is 0 Å². The summed E-state index contributed by atoms with van der Waals surface area (Å²) in [6, 6.07) is 0. The predicted molar refractivity (Wildman–Crippen MR) is 91.3 cm³/mol. The van der Waals surface area contributed by atoms with E-state index in [2.05, 4.69) is 0 Å². The number of carbonyl (C=O) groups is 3. The average Bonchev–Trinajstić information content (AvgIpc) is 2.81. The number of rotatable bonds is 3. The molecule has 1 saturated carbocycles. The summed E-state index contributed by atoms with van der Waals surface area (Å²) in [4.78, 5) is 36.9. The van der Waals surface area contributed by atoms with Gasteiger partial charge in [-0.25, -0.2) is 0 Å². The van der Waals surface area contributed by atoms with Crippen molar-refractivity contribution in [3.05, 3.63) is 23.2 Å². The van der Waals surface area contributed by atoms with Crippen molar-refractivity contribution in [2.45, 2.75) is 47.0 Å². The number of carbonyl (C=O) groups excluding carboxylic acids is 3. The summed E-state index contributed by atoms with van der Waals surface area (Å²) in [5.41, 5.74) is -0.817. The average molecular weight is 346 g/mol. The molecule has 1 aliphatic heterocycles. The van der Waals surface area contributed by atoms with Crippen LogP contribution in [-0.4, -0.2) is 23.6 Å². The van der Waals surface area contributed by atoms with Crippen molar-refractivity contribution in [3.8, 4) is 0 Å². The number of esters is 1. The largest absolute Gasteiger partial charge is 0.504 e. The van der Waals surface area contributed by atoms with Gasteiger partial charge in [0.1, 0.15) is 12.6 Å². The van der Waals surface area contributed by atoms with Crippen molar-refractivity contribution in [3.63, 3.8) is 0 Å². The first-order valence-corrected chi connectivity index (χ1v) is 8.98. The fraction of sp³-hybridized carbons (Fsp3) is 0.650. The predicted octanol–water partition coefficient (Wildman–Crippen LogP) is 3.35. The Balaban J connectivity index is 2.20. The molecule has 0 bridgehead atoms. The number of aldehydes is 2. The van der Waals surface area contributed by atoms with Crippen LogP contribution in [-0.2, 0) is 19.1 Å². The maximum absolute atomic E-state index is 13.0. The third-order valence-electron chi connectivity index (χ3n) is 6.41. The summed E-state index contributed by atoms with van der Waals surface area (Å²) >= 11 is 0. The lowest BCUT2D eigenvalue weighted by Gasteiger charge is -2.49. The molecule has 3 aliphatic rings. The molecule has 2 fully saturated rings. The normalized spacial score (nSPS) is 36.9. The van der Waals surface area contributed by atoms with Crippen LogP contribution in [0.5, 0.6) is 0 Å². The number of aliphatic hydroxyl groups excluding tert-OH is 1. The Hall–Kier alpha value is -1.91. The number of hydrogen-bond acceptors (Lipinski definition) is 5. The number of fused-ring (bicyclic) bond motifs is 2. The maximum Gasteiger partial charge on any atom is 0.318 e. The topological polar surface area (TPSA) is 80.7 Å². The van der Waals surface area contributed by atoms with Gasteiger partial charge in [-0.2, -0.15) is 0 Å². The van der Waals surface area contributed by atoms with E-state index in [1.54, 1.807) is 6.08 Å². The van der Waals surface area contributed by atoms with Crippen molar-refractivity contribution in [2.24, 2.45) is 34.5 Å². The quantitative estimate of drug-likeness (QED) is 0.626. The fourth-order valence-corrected chi connectivity index (χ4v) is 5.17. The molecule has 1 heterocycles. The molecule has 136 valence electrons. The second kappa shape index (κ2) is 5.82. The molecule has 0 aromatic carbocycles. The molecular formula is C20H26O5. The van der Waals surface area contributed by atoms with E-state index in [1.165, 1.54) is 0 Å². The molecule has 25 heavy (non-hydrogen) atoms. The lowest BCUT2D eigenvalue weighted by molar-refractivity contribution is -0.159. The minimum atomic E-state index is -1.07. The van der Waals surface area contributed by atoms with Gasteiger partial charge in [0.05, 0.1) is 11.3 Å². The fourth-order valence-electron chi connectivity index (χ4n) is 5.17. The third-order valence-corrected chi connectivity index (χ3v) is 6.41. The summed E-state index contributed by atoms with van der Waals surface area (Å²) in [5, 5.41) is 10.7. The van der Waals surface area contributed by atoms with Gasteiger partial charge in [-0.3, -0.25) is 4.79 Å². The highest BCUT2D eigenvalue weighted by molar-refractivity contribution is 5.88. The van der Waals surface area contributed by atoms with Gasteiger partial charge in [0.25, 0.3) is 0 Å². The Labute approximate surface area is 148 Å². The van der Waals surface area contributed by atoms with E-state index in [9.17, 15) is 19.5 Å². The van der Waals surface area contributed by atoms with Crippen LogP contribution in [0.1, 0.15) is 47.0 Å². The van der Waals surface area contributed by atoms with Crippen LogP contribution in [0.25, 0.3) is 0 Å². The molecule has 4 atom stereocenters. The Morgan fingerprint density at radius 3 is 2.48 bits per heavy atom. The van der Waals surface area contributed by atoms with E-state index in [0.717, 1.165) is 25.4 Å². The van der Waals surface area contributed by atoms with Crippen molar-refractivity contribution >= 4 is 18.5 Å². The third kappa shape index (κ3) is 2.31. The SMILES string of the molecule is CC(C)C1=C[C@H](C=O)[C@@H]2C(=C1O)OC(=O)[C@@]21CCCC(C)(C)[C@@H]1C=O. The van der Waals surface area contributed by atoms with Gasteiger partial charge in [-0.15, -0.1) is 0 Å². The summed E-state index contributed by atoms with van der Waals surface area (Å²) in [6.45, 7) is 7.79. The molecule has 5 nitrogen and oxygen atoms in total. The molecule has 0 radical (unpaired) electrons. The lowest BCUT2D eigenvalue weighted by atomic mass is 9.50. The Kier molecular flexibility index (Phi) is 4.17. The zero-order valence-electron chi connectivity index (χ0n) is 15.2. The Morgan fingerprint density at radius 1 is 1.24 bits per heavy atom. The van der Waals surface area contributed by atoms with Crippen LogP contribution in [0, 0.1) is 34.5 Å². The number of hydrogen-bond donors (Lipinski definition) is 1. The van der Waals surface area contributed by atoms with Gasteiger partial charge in [-0.1, -0.05) is 40.2 Å². The van der Waals surface area contributed by atoms with E-state index in [-0.39, 0.29) is 22.9 Å². The minimum absolute atomic E-state index is 0.00387. The molecule has 0 amide bonds. The first kappa shape index (κ1) is 17.9. The maximum atomic E-state index is 13.0. The van der Waals surface area contributed by atoms with Gasteiger partial charge in [0, 0.05) is 11.8 Å². The first-order chi connectivity index (χ1) is 11.7. The number of allylic oxidation sites excluding steroid dienone is 3. The number of aliphatic hydroxyl groups is 1. The molecule has 3 rings (SSSR count). The van der Waals surface area contributed by atoms with Crippen molar-refractivity contribution in [1.82, 2.24) is 0 Å². The van der Waals surface area contributed by atoms with Gasteiger partial charge in [-0.05, 0) is 29.7 Å². The minimum Gasteiger partial charge on any atom is -0.504 e. The van der Waals surface area contributed by atoms with Gasteiger partial charge < -0.3 is 19.4 Å². The standard InChI is InChI=1S/C20H26O5/c1-11(2)13-8-12(9-21)15-17(16(13)23)25-18(24)20(15)7-5-6-19(3,4)14(20)10-22/h8-12,14-15,23H,5-7H2,1-4H3/t12-,14+,15-,20-/m1/s1. The van der Waals surface area contributed by atoms with Gasteiger partial charge >= 0.3 is 5.97 Å². The Morgan fingerprint density at radius 2 is 1.92 bits per heavy atom. The molecule has 1 saturated heterocycles. The molecule has 1 N–H and O–H groups in total. The van der Waals surface area contributed by atoms with Crippen LogP contribution >= 0.6 is 0 Å². The lowest BCUT2D eigenvalue weighted by Crippen LogP contribution is -2.52. The summed E-state index contributed by atoms with van der Waals surface area (Å²) in [5.74, 6) is -2.08. The second-order valence-electron chi connectivity index (χ2n) is 8.57. The second-order valence-corrected chi connectivity index (χ2v) is 8.57. The van der Waals surface area contributed by atoms with Gasteiger partial charge in [0.15, 0.2) is 11.5 Å².